The first kappa shape index (κ1) is 17.8. The molecule has 132 valence electrons. The smallest absolute Gasteiger partial charge is 0.408 e. The van der Waals surface area contributed by atoms with Crippen LogP contribution in [0.4, 0.5) is 5.69 Å². The van der Waals surface area contributed by atoms with E-state index in [2.05, 4.69) is 20.7 Å². The highest BCUT2D eigenvalue weighted by Gasteiger charge is 2.18. The van der Waals surface area contributed by atoms with E-state index in [0.29, 0.717) is 28.9 Å². The van der Waals surface area contributed by atoms with Crippen molar-refractivity contribution in [3.05, 3.63) is 57.0 Å². The molecule has 2 aromatic carbocycles. The highest BCUT2D eigenvalue weighted by Crippen LogP contribution is 2.24. The van der Waals surface area contributed by atoms with Crippen LogP contribution in [0, 0.1) is 6.92 Å². The molecule has 0 radical (unpaired) electrons. The van der Waals surface area contributed by atoms with Crippen molar-refractivity contribution in [2.75, 3.05) is 4.72 Å². The number of sulfonamides is 1. The number of hydrogen-bond donors (Lipinski definition) is 1. The van der Waals surface area contributed by atoms with Crippen molar-refractivity contribution in [1.82, 2.24) is 4.57 Å². The normalized spacial score (nSPS) is 11.8. The van der Waals surface area contributed by atoms with Gasteiger partial charge >= 0.3 is 5.76 Å². The summed E-state index contributed by atoms with van der Waals surface area (Å²) in [6, 6.07) is 9.78. The predicted molar refractivity (Wildman–Crippen MR) is 100 cm³/mol. The van der Waals surface area contributed by atoms with Crippen LogP contribution in [0.25, 0.3) is 11.1 Å². The lowest BCUT2D eigenvalue weighted by Crippen LogP contribution is -2.14. The summed E-state index contributed by atoms with van der Waals surface area (Å²) in [7, 11) is -3.74. The third-order valence-corrected chi connectivity index (χ3v) is 5.83. The number of nitrogens with zero attached hydrogens (tertiary/aromatic N) is 1. The summed E-state index contributed by atoms with van der Waals surface area (Å²) in [5.74, 6) is -0.444. The van der Waals surface area contributed by atoms with Crippen LogP contribution in [0.2, 0.25) is 0 Å². The Bertz CT molecular complexity index is 1100. The maximum atomic E-state index is 12.6. The van der Waals surface area contributed by atoms with Gasteiger partial charge in [-0.2, -0.15) is 0 Å². The van der Waals surface area contributed by atoms with Crippen LogP contribution in [0.15, 0.2) is 55.0 Å². The second-order valence-corrected chi connectivity index (χ2v) is 8.28. The number of nitrogens with one attached hydrogen (secondary N) is 1. The molecule has 8 heteroatoms. The van der Waals surface area contributed by atoms with Crippen LogP contribution < -0.4 is 10.5 Å². The van der Waals surface area contributed by atoms with Crippen LogP contribution in [0.1, 0.15) is 18.9 Å². The molecule has 1 N–H and O–H groups in total. The van der Waals surface area contributed by atoms with E-state index < -0.39 is 15.8 Å². The number of benzene rings is 2. The Morgan fingerprint density at radius 1 is 1.20 bits per heavy atom. The van der Waals surface area contributed by atoms with Crippen LogP contribution in [0.3, 0.4) is 0 Å². The van der Waals surface area contributed by atoms with Gasteiger partial charge < -0.3 is 4.42 Å². The monoisotopic (exact) mass is 424 g/mol. The number of rotatable bonds is 5. The van der Waals surface area contributed by atoms with Gasteiger partial charge in [0.2, 0.25) is 0 Å². The van der Waals surface area contributed by atoms with Gasteiger partial charge in [0.05, 0.1) is 16.1 Å². The van der Waals surface area contributed by atoms with Gasteiger partial charge in [-0.3, -0.25) is 9.29 Å². The molecule has 0 atom stereocenters. The van der Waals surface area contributed by atoms with Crippen molar-refractivity contribution in [3.8, 4) is 0 Å². The Kier molecular flexibility index (Phi) is 4.75. The van der Waals surface area contributed by atoms with Gasteiger partial charge in [-0.05, 0) is 49.2 Å². The van der Waals surface area contributed by atoms with Crippen molar-refractivity contribution in [2.24, 2.45) is 0 Å². The van der Waals surface area contributed by atoms with E-state index in [0.717, 1.165) is 10.9 Å². The van der Waals surface area contributed by atoms with Crippen molar-refractivity contribution < 1.29 is 12.8 Å². The Labute approximate surface area is 153 Å². The third kappa shape index (κ3) is 3.50. The van der Waals surface area contributed by atoms with Gasteiger partial charge in [0.15, 0.2) is 5.58 Å². The average Bonchev–Trinajstić information content (AvgIpc) is 2.82. The summed E-state index contributed by atoms with van der Waals surface area (Å²) in [6.45, 7) is 4.25. The first-order valence-electron chi connectivity index (χ1n) is 7.74. The lowest BCUT2D eigenvalue weighted by Gasteiger charge is -2.10. The highest BCUT2D eigenvalue weighted by atomic mass is 79.9. The maximum absolute atomic E-state index is 12.6. The van der Waals surface area contributed by atoms with Crippen molar-refractivity contribution in [2.45, 2.75) is 31.7 Å². The summed E-state index contributed by atoms with van der Waals surface area (Å²) >= 11 is 3.32. The van der Waals surface area contributed by atoms with E-state index in [9.17, 15) is 13.2 Å². The number of hydrogen-bond acceptors (Lipinski definition) is 4. The Morgan fingerprint density at radius 3 is 2.64 bits per heavy atom. The first-order valence-corrected chi connectivity index (χ1v) is 10.0. The number of halogens is 1. The van der Waals surface area contributed by atoms with Gasteiger partial charge in [0.25, 0.3) is 10.0 Å². The molecule has 3 rings (SSSR count). The molecule has 1 heterocycles. The lowest BCUT2D eigenvalue weighted by atomic mass is 10.2. The predicted octanol–water partition coefficient (Wildman–Crippen LogP) is 3.88. The minimum atomic E-state index is -3.74. The number of oxazole rings is 1. The molecular weight excluding hydrogens is 408 g/mol. The van der Waals surface area contributed by atoms with Gasteiger partial charge in [0.1, 0.15) is 0 Å². The van der Waals surface area contributed by atoms with E-state index >= 15 is 0 Å². The topological polar surface area (TPSA) is 81.3 Å². The van der Waals surface area contributed by atoms with Crippen LogP contribution in [0.5, 0.6) is 0 Å². The summed E-state index contributed by atoms with van der Waals surface area (Å²) in [4.78, 5) is 12.1. The second-order valence-electron chi connectivity index (χ2n) is 5.72. The zero-order valence-corrected chi connectivity index (χ0v) is 16.1. The average molecular weight is 425 g/mol. The third-order valence-electron chi connectivity index (χ3n) is 3.79. The molecule has 0 amide bonds. The highest BCUT2D eigenvalue weighted by molar-refractivity contribution is 9.10. The van der Waals surface area contributed by atoms with Gasteiger partial charge in [0, 0.05) is 17.1 Å². The van der Waals surface area contributed by atoms with Crippen molar-refractivity contribution in [3.63, 3.8) is 0 Å². The number of aryl methyl sites for hydroxylation is 2. The molecule has 0 aliphatic heterocycles. The maximum Gasteiger partial charge on any atom is 0.419 e. The second kappa shape index (κ2) is 6.68. The fraction of sp³-hybridized carbons (Fsp3) is 0.235. The number of fused-ring (bicyclic) bond motifs is 1. The summed E-state index contributed by atoms with van der Waals surface area (Å²) in [6.07, 6.45) is 0.797. The van der Waals surface area contributed by atoms with Gasteiger partial charge in [-0.1, -0.05) is 22.9 Å². The zero-order chi connectivity index (χ0) is 18.2. The number of aromatic nitrogens is 1. The molecule has 3 aromatic rings. The molecule has 0 unspecified atom stereocenters. The van der Waals surface area contributed by atoms with E-state index in [1.54, 1.807) is 31.2 Å². The molecule has 6 nitrogen and oxygen atoms in total. The Morgan fingerprint density at radius 2 is 1.96 bits per heavy atom. The molecule has 0 aliphatic rings. The standard InChI is InChI=1S/C17H17BrN2O4S/c1-3-8-20-14-6-5-13(10-15(14)24-17(20)21)19-25(22,23)16-7-4-12(18)9-11(16)2/h4-7,9-10,19H,3,8H2,1-2H3. The van der Waals surface area contributed by atoms with E-state index in [4.69, 9.17) is 4.42 Å². The molecule has 0 bridgehead atoms. The van der Waals surface area contributed by atoms with Crippen LogP contribution in [-0.4, -0.2) is 13.0 Å². The van der Waals surface area contributed by atoms with Crippen LogP contribution in [-0.2, 0) is 16.6 Å². The van der Waals surface area contributed by atoms with E-state index in [-0.39, 0.29) is 4.90 Å². The molecule has 1 aromatic heterocycles. The molecule has 0 saturated heterocycles. The Balaban J connectivity index is 1.98. The molecule has 0 aliphatic carbocycles. The summed E-state index contributed by atoms with van der Waals surface area (Å²) in [5.41, 5.74) is 1.97. The first-order chi connectivity index (χ1) is 11.8. The fourth-order valence-corrected chi connectivity index (χ4v) is 4.44. The SMILES string of the molecule is CCCn1c(=O)oc2cc(NS(=O)(=O)c3ccc(Br)cc3C)ccc21. The quantitative estimate of drug-likeness (QED) is 0.673. The van der Waals surface area contributed by atoms with E-state index in [1.807, 2.05) is 6.92 Å². The molecule has 0 spiro atoms. The molecule has 0 fully saturated rings. The fourth-order valence-electron chi connectivity index (χ4n) is 2.69. The van der Waals surface area contributed by atoms with Crippen molar-refractivity contribution >= 4 is 42.7 Å². The minimum Gasteiger partial charge on any atom is -0.408 e. The molecule has 25 heavy (non-hydrogen) atoms. The minimum absolute atomic E-state index is 0.195. The lowest BCUT2D eigenvalue weighted by molar-refractivity contribution is 0.502. The van der Waals surface area contributed by atoms with Gasteiger partial charge in [-0.25, -0.2) is 13.2 Å². The van der Waals surface area contributed by atoms with Crippen LogP contribution >= 0.6 is 15.9 Å². The van der Waals surface area contributed by atoms with Gasteiger partial charge in [-0.15, -0.1) is 0 Å². The zero-order valence-electron chi connectivity index (χ0n) is 13.7. The molecular formula is C17H17BrN2O4S. The Hall–Kier alpha value is -2.06. The van der Waals surface area contributed by atoms with Crippen molar-refractivity contribution in [1.29, 1.82) is 0 Å². The summed E-state index contributed by atoms with van der Waals surface area (Å²) < 4.78 is 35.3. The van der Waals surface area contributed by atoms with E-state index in [1.165, 1.54) is 16.7 Å². The molecule has 0 saturated carbocycles. The number of anilines is 1. The largest absolute Gasteiger partial charge is 0.419 e. The summed E-state index contributed by atoms with van der Waals surface area (Å²) in [5, 5.41) is 0.